The Morgan fingerprint density at radius 3 is 2.43 bits per heavy atom. The summed E-state index contributed by atoms with van der Waals surface area (Å²) in [6.45, 7) is 7.40. The number of hydrogen-bond acceptors (Lipinski definition) is 13. The van der Waals surface area contributed by atoms with Crippen LogP contribution >= 0.6 is 0 Å². The number of amides is 1. The van der Waals surface area contributed by atoms with Gasteiger partial charge in [-0.3, -0.25) is 14.4 Å². The van der Waals surface area contributed by atoms with Crippen LogP contribution in [-0.2, 0) is 49.3 Å². The zero-order chi connectivity index (χ0) is 34.5. The highest BCUT2D eigenvalue weighted by Crippen LogP contribution is 2.30. The number of carbonyl (C=O) groups is 5. The van der Waals surface area contributed by atoms with Crippen LogP contribution in [0.25, 0.3) is 0 Å². The van der Waals surface area contributed by atoms with Crippen molar-refractivity contribution in [2.75, 3.05) is 27.1 Å². The van der Waals surface area contributed by atoms with E-state index < -0.39 is 79.4 Å². The van der Waals surface area contributed by atoms with Gasteiger partial charge in [0.15, 0.2) is 35.4 Å². The summed E-state index contributed by atoms with van der Waals surface area (Å²) < 4.78 is 38.1. The van der Waals surface area contributed by atoms with Crippen LogP contribution < -0.4 is 14.8 Å². The summed E-state index contributed by atoms with van der Waals surface area (Å²) >= 11 is 0. The molecule has 14 nitrogen and oxygen atoms in total. The van der Waals surface area contributed by atoms with Crippen LogP contribution in [0.1, 0.15) is 57.1 Å². The zero-order valence-electron chi connectivity index (χ0n) is 27.4. The molecule has 5 atom stereocenters. The molecule has 1 aromatic carbocycles. The van der Waals surface area contributed by atoms with E-state index in [4.69, 9.17) is 33.2 Å². The molecular formula is C33H42N2O12. The van der Waals surface area contributed by atoms with Crippen molar-refractivity contribution in [3.05, 3.63) is 53.9 Å². The van der Waals surface area contributed by atoms with Crippen LogP contribution in [0.4, 0.5) is 0 Å². The van der Waals surface area contributed by atoms with Crippen molar-refractivity contribution in [3.8, 4) is 11.5 Å². The van der Waals surface area contributed by atoms with Crippen molar-refractivity contribution < 1.29 is 57.1 Å². The monoisotopic (exact) mass is 658 g/mol. The summed E-state index contributed by atoms with van der Waals surface area (Å²) in [7, 11) is 1.33. The lowest BCUT2D eigenvalue weighted by molar-refractivity contribution is -0.176. The summed E-state index contributed by atoms with van der Waals surface area (Å²) in [6.07, 6.45) is -0.968. The van der Waals surface area contributed by atoms with Crippen LogP contribution in [-0.4, -0.2) is 86.2 Å². The van der Waals surface area contributed by atoms with E-state index >= 15 is 0 Å². The molecule has 47 heavy (non-hydrogen) atoms. The van der Waals surface area contributed by atoms with Crippen molar-refractivity contribution in [1.29, 1.82) is 0 Å². The Balaban J connectivity index is 1.81. The number of hydrogen-bond donors (Lipinski definition) is 1. The van der Waals surface area contributed by atoms with Crippen molar-refractivity contribution in [3.63, 3.8) is 0 Å². The third-order valence-electron chi connectivity index (χ3n) is 7.08. The molecule has 14 heteroatoms. The van der Waals surface area contributed by atoms with E-state index in [1.54, 1.807) is 26.0 Å². The molecule has 2 aromatic rings. The lowest BCUT2D eigenvalue weighted by Gasteiger charge is -2.29. The Morgan fingerprint density at radius 1 is 1.04 bits per heavy atom. The maximum absolute atomic E-state index is 13.5. The molecular weight excluding hydrogens is 616 g/mol. The quantitative estimate of drug-likeness (QED) is 0.178. The predicted molar refractivity (Wildman–Crippen MR) is 164 cm³/mol. The first-order chi connectivity index (χ1) is 22.5. The Kier molecular flexibility index (Phi) is 13.9. The van der Waals surface area contributed by atoms with Gasteiger partial charge >= 0.3 is 23.9 Å². The van der Waals surface area contributed by atoms with Gasteiger partial charge in [0.2, 0.25) is 6.79 Å². The van der Waals surface area contributed by atoms with Crippen LogP contribution in [0.3, 0.4) is 0 Å². The fourth-order valence-electron chi connectivity index (χ4n) is 4.50. The van der Waals surface area contributed by atoms with E-state index in [1.165, 1.54) is 33.2 Å². The van der Waals surface area contributed by atoms with Crippen LogP contribution in [0.5, 0.6) is 11.5 Å². The summed E-state index contributed by atoms with van der Waals surface area (Å²) in [5.74, 6) is -5.47. The third-order valence-corrected chi connectivity index (χ3v) is 7.08. The average molecular weight is 659 g/mol. The number of esters is 4. The van der Waals surface area contributed by atoms with Gasteiger partial charge in [0.05, 0.1) is 13.0 Å². The van der Waals surface area contributed by atoms with Crippen molar-refractivity contribution in [1.82, 2.24) is 10.3 Å². The minimum Gasteiger partial charge on any atom is -0.493 e. The standard InChI is InChI=1S/C33H42N2O12/c1-7-15-42-21(5)31(38)45-18-44-28-25(41-6)13-14-34-26(28)29(36)35-24-17-43-32(39)23(16-22-11-9-8-10-12-22)27(20(4)46-33(24)40)47-30(37)19(2)3/h8-14,19-21,23-24,27H,7,15-18H2,1-6H3,(H,35,36)/t20-,21?,23?,24-,27-/m0/s1. The number of nitrogens with zero attached hydrogens (tertiary/aromatic N) is 1. The average Bonchev–Trinajstić information content (AvgIpc) is 3.09. The predicted octanol–water partition coefficient (Wildman–Crippen LogP) is 2.80. The Morgan fingerprint density at radius 2 is 1.77 bits per heavy atom. The number of aromatic nitrogens is 1. The summed E-state index contributed by atoms with van der Waals surface area (Å²) in [4.78, 5) is 69.1. The first-order valence-corrected chi connectivity index (χ1v) is 15.3. The van der Waals surface area contributed by atoms with Crippen molar-refractivity contribution >= 4 is 29.8 Å². The molecule has 0 radical (unpaired) electrons. The number of rotatable bonds is 14. The highest BCUT2D eigenvalue weighted by molar-refractivity contribution is 5.98. The maximum atomic E-state index is 13.5. The highest BCUT2D eigenvalue weighted by atomic mass is 16.7. The molecule has 0 bridgehead atoms. The van der Waals surface area contributed by atoms with Gasteiger partial charge in [-0.25, -0.2) is 14.6 Å². The SMILES string of the molecule is CCCOC(C)C(=O)OCOc1c(OC)ccnc1C(=O)N[C@H]1COC(=O)C(Cc2ccccc2)[C@@H](OC(=O)C(C)C)[C@H](C)OC1=O. The summed E-state index contributed by atoms with van der Waals surface area (Å²) in [6, 6.07) is 9.00. The number of nitrogens with one attached hydrogen (secondary N) is 1. The topological polar surface area (TPSA) is 175 Å². The molecule has 1 amide bonds. The molecule has 0 aliphatic carbocycles. The van der Waals surface area contributed by atoms with E-state index in [2.05, 4.69) is 10.3 Å². The molecule has 1 fully saturated rings. The molecule has 0 spiro atoms. The Labute approximate surface area is 273 Å². The van der Waals surface area contributed by atoms with Crippen molar-refractivity contribution in [2.24, 2.45) is 11.8 Å². The normalized spacial score (nSPS) is 20.4. The zero-order valence-corrected chi connectivity index (χ0v) is 27.4. The molecule has 2 unspecified atom stereocenters. The second-order valence-electron chi connectivity index (χ2n) is 11.1. The van der Waals surface area contributed by atoms with Gasteiger partial charge in [-0.2, -0.15) is 0 Å². The van der Waals surface area contributed by atoms with Crippen LogP contribution in [0.15, 0.2) is 42.6 Å². The van der Waals surface area contributed by atoms with E-state index in [0.29, 0.717) is 13.0 Å². The van der Waals surface area contributed by atoms with E-state index in [0.717, 1.165) is 5.56 Å². The number of cyclic esters (lactones) is 2. The number of methoxy groups -OCH3 is 1. The first kappa shape index (κ1) is 36.7. The molecule has 1 aliphatic rings. The van der Waals surface area contributed by atoms with Gasteiger partial charge in [-0.05, 0) is 32.3 Å². The van der Waals surface area contributed by atoms with Crippen LogP contribution in [0.2, 0.25) is 0 Å². The second-order valence-corrected chi connectivity index (χ2v) is 11.1. The fourth-order valence-corrected chi connectivity index (χ4v) is 4.50. The van der Waals surface area contributed by atoms with E-state index in [9.17, 15) is 24.0 Å². The van der Waals surface area contributed by atoms with E-state index in [1.807, 2.05) is 25.1 Å². The lowest BCUT2D eigenvalue weighted by Crippen LogP contribution is -2.47. The number of carbonyl (C=O) groups excluding carboxylic acids is 5. The smallest absolute Gasteiger partial charge is 0.337 e. The van der Waals surface area contributed by atoms with E-state index in [-0.39, 0.29) is 23.6 Å². The number of pyridine rings is 1. The lowest BCUT2D eigenvalue weighted by atomic mass is 9.91. The van der Waals surface area contributed by atoms with Gasteiger partial charge in [0.1, 0.15) is 18.6 Å². The van der Waals surface area contributed by atoms with Gasteiger partial charge in [0, 0.05) is 18.9 Å². The number of benzene rings is 1. The fraction of sp³-hybridized carbons (Fsp3) is 0.515. The second kappa shape index (κ2) is 17.8. The largest absolute Gasteiger partial charge is 0.493 e. The number of ether oxygens (including phenoxy) is 7. The summed E-state index contributed by atoms with van der Waals surface area (Å²) in [5.41, 5.74) is 0.460. The van der Waals surface area contributed by atoms with Gasteiger partial charge in [0.25, 0.3) is 5.91 Å². The summed E-state index contributed by atoms with van der Waals surface area (Å²) in [5, 5.41) is 2.47. The van der Waals surface area contributed by atoms with Crippen molar-refractivity contribution in [2.45, 2.75) is 71.8 Å². The highest BCUT2D eigenvalue weighted by Gasteiger charge is 2.42. The van der Waals surface area contributed by atoms with Gasteiger partial charge < -0.3 is 38.5 Å². The molecule has 1 N–H and O–H groups in total. The minimum atomic E-state index is -1.47. The molecule has 0 saturated carbocycles. The molecule has 3 rings (SSSR count). The van der Waals surface area contributed by atoms with Crippen LogP contribution in [0, 0.1) is 11.8 Å². The third kappa shape index (κ3) is 10.4. The minimum absolute atomic E-state index is 0.0899. The first-order valence-electron chi connectivity index (χ1n) is 15.3. The maximum Gasteiger partial charge on any atom is 0.337 e. The molecule has 1 aromatic heterocycles. The Hall–Kier alpha value is -4.72. The molecule has 1 saturated heterocycles. The molecule has 2 heterocycles. The molecule has 256 valence electrons. The van der Waals surface area contributed by atoms with Gasteiger partial charge in [-0.15, -0.1) is 0 Å². The van der Waals surface area contributed by atoms with Gasteiger partial charge in [-0.1, -0.05) is 51.1 Å². The molecule has 1 aliphatic heterocycles. The Bertz CT molecular complexity index is 1380.